The van der Waals surface area contributed by atoms with Gasteiger partial charge in [-0.2, -0.15) is 0 Å². The van der Waals surface area contributed by atoms with Crippen molar-refractivity contribution < 1.29 is 0 Å². The normalized spacial score (nSPS) is 12.7. The van der Waals surface area contributed by atoms with E-state index in [2.05, 4.69) is 44.2 Å². The molecule has 0 radical (unpaired) electrons. The molecular formula is C12H20AsClS. The van der Waals surface area contributed by atoms with Gasteiger partial charge in [-0.3, -0.25) is 0 Å². The third-order valence-electron chi connectivity index (χ3n) is 2.76. The van der Waals surface area contributed by atoms with E-state index in [-0.39, 0.29) is 0 Å². The van der Waals surface area contributed by atoms with Gasteiger partial charge in [-0.1, -0.05) is 0 Å². The van der Waals surface area contributed by atoms with Crippen molar-refractivity contribution in [1.29, 1.82) is 0 Å². The molecule has 0 aromatic heterocycles. The van der Waals surface area contributed by atoms with Crippen molar-refractivity contribution in [3.8, 4) is 0 Å². The van der Waals surface area contributed by atoms with Gasteiger partial charge in [-0.05, 0) is 0 Å². The first-order valence-corrected chi connectivity index (χ1v) is 13.9. The predicted octanol–water partition coefficient (Wildman–Crippen LogP) is 4.28. The summed E-state index contributed by atoms with van der Waals surface area (Å²) in [5, 5.41) is 2.68. The summed E-state index contributed by atoms with van der Waals surface area (Å²) in [5.74, 6) is 0. The molecule has 1 aromatic carbocycles. The Hall–Kier alpha value is 0.418. The van der Waals surface area contributed by atoms with E-state index in [1.165, 1.54) is 23.3 Å². The van der Waals surface area contributed by atoms with Gasteiger partial charge in [-0.15, -0.1) is 0 Å². The predicted molar refractivity (Wildman–Crippen MR) is 76.9 cm³/mol. The van der Waals surface area contributed by atoms with Crippen LogP contribution < -0.4 is 4.35 Å². The number of rotatable bonds is 6. The van der Waals surface area contributed by atoms with Gasteiger partial charge < -0.3 is 0 Å². The number of hydrogen-bond acceptors (Lipinski definition) is 1. The molecule has 86 valence electrons. The summed E-state index contributed by atoms with van der Waals surface area (Å²) in [6.45, 7) is 4.54. The van der Waals surface area contributed by atoms with Crippen molar-refractivity contribution in [2.24, 2.45) is 0 Å². The van der Waals surface area contributed by atoms with E-state index in [0.29, 0.717) is 0 Å². The molecule has 0 heterocycles. The second-order valence-electron chi connectivity index (χ2n) is 3.94. The summed E-state index contributed by atoms with van der Waals surface area (Å²) in [4.78, 5) is 0. The molecule has 0 unspecified atom stereocenters. The third kappa shape index (κ3) is 3.44. The fraction of sp³-hybridized carbons (Fsp3) is 0.500. The number of benzene rings is 1. The SMILES string of the molecule is CCC[AsH](CCC)(SCl)c1ccccc1. The van der Waals surface area contributed by atoms with E-state index in [1.54, 1.807) is 13.6 Å². The van der Waals surface area contributed by atoms with Gasteiger partial charge >= 0.3 is 104 Å². The molecule has 3 heteroatoms. The van der Waals surface area contributed by atoms with Crippen LogP contribution in [-0.2, 0) is 0 Å². The molecule has 15 heavy (non-hydrogen) atoms. The van der Waals surface area contributed by atoms with Crippen LogP contribution in [0.15, 0.2) is 30.3 Å². The molecular weight excluding hydrogens is 287 g/mol. The van der Waals surface area contributed by atoms with E-state index in [1.807, 2.05) is 0 Å². The molecule has 0 fully saturated rings. The Labute approximate surface area is 104 Å². The Bertz CT molecular complexity index is 270. The van der Waals surface area contributed by atoms with Crippen LogP contribution in [0.3, 0.4) is 0 Å². The van der Waals surface area contributed by atoms with Crippen LogP contribution in [0.5, 0.6) is 0 Å². The minimum atomic E-state index is -2.02. The Balaban J connectivity index is 2.97. The van der Waals surface area contributed by atoms with Gasteiger partial charge in [0.05, 0.1) is 0 Å². The minimum absolute atomic E-state index is 1.26. The van der Waals surface area contributed by atoms with E-state index < -0.39 is 12.4 Å². The molecule has 0 aliphatic carbocycles. The topological polar surface area (TPSA) is 0 Å². The molecule has 0 nitrogen and oxygen atoms in total. The van der Waals surface area contributed by atoms with Crippen LogP contribution in [0, 0.1) is 0 Å². The monoisotopic (exact) mass is 306 g/mol. The van der Waals surface area contributed by atoms with Crippen molar-refractivity contribution in [3.63, 3.8) is 0 Å². The van der Waals surface area contributed by atoms with Crippen molar-refractivity contribution >= 4 is 36.7 Å². The summed E-state index contributed by atoms with van der Waals surface area (Å²) in [5.41, 5.74) is 0. The molecule has 0 N–H and O–H groups in total. The number of halogens is 1. The summed E-state index contributed by atoms with van der Waals surface area (Å²) in [6, 6.07) is 10.9. The first-order chi connectivity index (χ1) is 7.29. The Morgan fingerprint density at radius 2 is 1.60 bits per heavy atom. The summed E-state index contributed by atoms with van der Waals surface area (Å²) in [6.07, 6.45) is 2.52. The van der Waals surface area contributed by atoms with Gasteiger partial charge in [-0.25, -0.2) is 0 Å². The molecule has 0 aliphatic heterocycles. The summed E-state index contributed by atoms with van der Waals surface area (Å²) < 4.78 is 1.56. The molecule has 0 spiro atoms. The Kier molecular flexibility index (Phi) is 6.19. The summed E-state index contributed by atoms with van der Waals surface area (Å²) >= 11 is -2.02. The van der Waals surface area contributed by atoms with Crippen molar-refractivity contribution in [3.05, 3.63) is 30.3 Å². The zero-order valence-electron chi connectivity index (χ0n) is 9.50. The third-order valence-corrected chi connectivity index (χ3v) is 21.3. The zero-order valence-corrected chi connectivity index (χ0v) is 13.2. The van der Waals surface area contributed by atoms with E-state index in [4.69, 9.17) is 10.7 Å². The maximum absolute atomic E-state index is 6.22. The Morgan fingerprint density at radius 1 is 1.07 bits per heavy atom. The van der Waals surface area contributed by atoms with E-state index in [0.717, 1.165) is 0 Å². The molecule has 1 aromatic rings. The molecule has 0 amide bonds. The van der Waals surface area contributed by atoms with Crippen LogP contribution in [0.25, 0.3) is 0 Å². The van der Waals surface area contributed by atoms with E-state index >= 15 is 0 Å². The van der Waals surface area contributed by atoms with Crippen LogP contribution in [0.4, 0.5) is 0 Å². The van der Waals surface area contributed by atoms with E-state index in [9.17, 15) is 0 Å². The van der Waals surface area contributed by atoms with Crippen molar-refractivity contribution in [2.75, 3.05) is 0 Å². The second kappa shape index (κ2) is 6.88. The fourth-order valence-electron chi connectivity index (χ4n) is 2.08. The maximum atomic E-state index is 6.22. The average molecular weight is 307 g/mol. The quantitative estimate of drug-likeness (QED) is 0.707. The Morgan fingerprint density at radius 3 is 2.00 bits per heavy atom. The molecule has 1 rings (SSSR count). The molecule has 0 saturated carbocycles. The van der Waals surface area contributed by atoms with Gasteiger partial charge in [0, 0.05) is 0 Å². The van der Waals surface area contributed by atoms with Gasteiger partial charge in [0.15, 0.2) is 0 Å². The zero-order chi connectivity index (χ0) is 11.1. The van der Waals surface area contributed by atoms with Gasteiger partial charge in [0.25, 0.3) is 0 Å². The van der Waals surface area contributed by atoms with Crippen LogP contribution >= 0.6 is 19.9 Å². The standard InChI is InChI=1S/C12H20AsClS/c1-3-10-13(15-14,11-4-2)12-8-6-5-7-9-12/h5-9,13H,3-4,10-11H2,1-2H3. The van der Waals surface area contributed by atoms with Gasteiger partial charge in [0.2, 0.25) is 0 Å². The van der Waals surface area contributed by atoms with Crippen LogP contribution in [-0.4, -0.2) is 12.4 Å². The number of hydrogen-bond donors (Lipinski definition) is 0. The van der Waals surface area contributed by atoms with Crippen LogP contribution in [0.2, 0.25) is 10.4 Å². The van der Waals surface area contributed by atoms with Crippen molar-refractivity contribution in [2.45, 2.75) is 37.1 Å². The second-order valence-corrected chi connectivity index (χ2v) is 19.0. The first-order valence-electron chi connectivity index (χ1n) is 5.64. The fourth-order valence-corrected chi connectivity index (χ4v) is 17.3. The average Bonchev–Trinajstić information content (AvgIpc) is 2.30. The molecule has 0 aliphatic rings. The molecule has 0 atom stereocenters. The van der Waals surface area contributed by atoms with Crippen molar-refractivity contribution in [1.82, 2.24) is 0 Å². The van der Waals surface area contributed by atoms with Crippen LogP contribution in [0.1, 0.15) is 26.7 Å². The summed E-state index contributed by atoms with van der Waals surface area (Å²) in [7, 11) is 7.90. The van der Waals surface area contributed by atoms with Gasteiger partial charge in [0.1, 0.15) is 0 Å². The molecule has 0 bridgehead atoms. The first kappa shape index (κ1) is 13.5. The molecule has 0 saturated heterocycles.